The predicted octanol–water partition coefficient (Wildman–Crippen LogP) is 2.92. The van der Waals surface area contributed by atoms with Gasteiger partial charge in [-0.05, 0) is 56.0 Å². The number of piperidine rings is 3. The molecule has 4 saturated heterocycles. The van der Waals surface area contributed by atoms with Crippen molar-refractivity contribution in [1.29, 1.82) is 0 Å². The molecule has 1 aromatic carbocycles. The standard InChI is InChI=1S/C27H34N4O3/c32-24(15-22-26(33)31(27(34)28-22)16-18-7-2-1-3-8-18)30-12-6-9-19-13-20-14-21(25(19)30)17-29-11-5-4-10-23(20)29/h1-3,7-8,13,20-23,25H,4-6,9-12,14-17H2,(H,28,34)/t20-,21+,22?,23?,25?/m1/s1. The first-order valence-corrected chi connectivity index (χ1v) is 13.0. The van der Waals surface area contributed by atoms with E-state index in [0.717, 1.165) is 31.5 Å². The Morgan fingerprint density at radius 3 is 2.76 bits per heavy atom. The largest absolute Gasteiger partial charge is 0.336 e. The number of urea groups is 1. The van der Waals surface area contributed by atoms with Crippen LogP contribution in [0.1, 0.15) is 50.5 Å². The number of carbonyl (C=O) groups is 3. The number of rotatable bonds is 4. The molecule has 4 heterocycles. The quantitative estimate of drug-likeness (QED) is 0.552. The Morgan fingerprint density at radius 2 is 1.91 bits per heavy atom. The van der Waals surface area contributed by atoms with Crippen LogP contribution in [0.4, 0.5) is 4.79 Å². The number of nitrogens with one attached hydrogen (secondary N) is 1. The number of hydrogen-bond acceptors (Lipinski definition) is 4. The molecule has 180 valence electrons. The van der Waals surface area contributed by atoms with Crippen LogP contribution in [0.5, 0.6) is 0 Å². The summed E-state index contributed by atoms with van der Waals surface area (Å²) in [5.74, 6) is 0.803. The van der Waals surface area contributed by atoms with Gasteiger partial charge < -0.3 is 10.2 Å². The number of carbonyl (C=O) groups excluding carboxylic acids is 3. The number of amides is 4. The first-order valence-electron chi connectivity index (χ1n) is 13.0. The predicted molar refractivity (Wildman–Crippen MR) is 128 cm³/mol. The lowest BCUT2D eigenvalue weighted by molar-refractivity contribution is -0.139. The van der Waals surface area contributed by atoms with Gasteiger partial charge in [-0.3, -0.25) is 19.4 Å². The monoisotopic (exact) mass is 462 g/mol. The van der Waals surface area contributed by atoms with Crippen LogP contribution in [0.3, 0.4) is 0 Å². The van der Waals surface area contributed by atoms with Crippen molar-refractivity contribution in [1.82, 2.24) is 20.0 Å². The summed E-state index contributed by atoms with van der Waals surface area (Å²) in [5.41, 5.74) is 2.34. The molecule has 1 N–H and O–H groups in total. The zero-order chi connectivity index (χ0) is 23.2. The van der Waals surface area contributed by atoms with Crippen molar-refractivity contribution in [2.75, 3.05) is 19.6 Å². The zero-order valence-corrected chi connectivity index (χ0v) is 19.7. The van der Waals surface area contributed by atoms with E-state index in [-0.39, 0.29) is 30.8 Å². The van der Waals surface area contributed by atoms with E-state index in [2.05, 4.69) is 16.3 Å². The van der Waals surface area contributed by atoms with Crippen molar-refractivity contribution in [3.8, 4) is 0 Å². The molecular formula is C27H34N4O3. The second kappa shape index (κ2) is 8.84. The van der Waals surface area contributed by atoms with Crippen LogP contribution >= 0.6 is 0 Å². The van der Waals surface area contributed by atoms with Gasteiger partial charge in [0.1, 0.15) is 6.04 Å². The third kappa shape index (κ3) is 3.84. The second-order valence-corrected chi connectivity index (χ2v) is 10.7. The SMILES string of the molecule is O=C1NC(CC(=O)N2CCCC3=C[C@@H]4C[C@@H](CN5CCCCC45)C32)C(=O)N1Cc1ccccc1. The van der Waals surface area contributed by atoms with Crippen LogP contribution in [0.25, 0.3) is 0 Å². The van der Waals surface area contributed by atoms with Gasteiger partial charge >= 0.3 is 6.03 Å². The fourth-order valence-corrected chi connectivity index (χ4v) is 7.18. The lowest BCUT2D eigenvalue weighted by Gasteiger charge is -2.54. The highest BCUT2D eigenvalue weighted by Gasteiger charge is 2.48. The van der Waals surface area contributed by atoms with E-state index < -0.39 is 12.1 Å². The summed E-state index contributed by atoms with van der Waals surface area (Å²) in [6.07, 6.45) is 9.70. The number of imide groups is 1. The van der Waals surface area contributed by atoms with Gasteiger partial charge in [0.25, 0.3) is 5.91 Å². The Bertz CT molecular complexity index is 1010. The maximum atomic E-state index is 13.5. The Balaban J connectivity index is 1.16. The number of fused-ring (bicyclic) bond motifs is 6. The Labute approximate surface area is 201 Å². The van der Waals surface area contributed by atoms with Crippen molar-refractivity contribution in [3.05, 3.63) is 47.5 Å². The van der Waals surface area contributed by atoms with E-state index in [4.69, 9.17) is 0 Å². The molecule has 1 aliphatic carbocycles. The van der Waals surface area contributed by atoms with Gasteiger partial charge in [0.05, 0.1) is 19.0 Å². The molecule has 4 aliphatic heterocycles. The molecule has 7 nitrogen and oxygen atoms in total. The molecule has 4 fully saturated rings. The van der Waals surface area contributed by atoms with Gasteiger partial charge in [-0.25, -0.2) is 4.79 Å². The van der Waals surface area contributed by atoms with Gasteiger partial charge in [-0.15, -0.1) is 0 Å². The molecule has 6 rings (SSSR count). The average Bonchev–Trinajstić information content (AvgIpc) is 3.11. The van der Waals surface area contributed by atoms with Gasteiger partial charge in [0.2, 0.25) is 5.91 Å². The lowest BCUT2D eigenvalue weighted by atomic mass is 9.68. The highest BCUT2D eigenvalue weighted by molar-refractivity contribution is 6.05. The number of benzene rings is 1. The maximum Gasteiger partial charge on any atom is 0.325 e. The summed E-state index contributed by atoms with van der Waals surface area (Å²) in [4.78, 5) is 45.0. The van der Waals surface area contributed by atoms with Gasteiger partial charge in [0.15, 0.2) is 0 Å². The molecule has 2 bridgehead atoms. The Morgan fingerprint density at radius 1 is 1.06 bits per heavy atom. The van der Waals surface area contributed by atoms with Crippen LogP contribution in [0, 0.1) is 11.8 Å². The average molecular weight is 463 g/mol. The summed E-state index contributed by atoms with van der Waals surface area (Å²) in [6.45, 7) is 3.24. The van der Waals surface area contributed by atoms with Crippen LogP contribution < -0.4 is 5.32 Å². The molecule has 0 spiro atoms. The molecule has 4 amide bonds. The summed E-state index contributed by atoms with van der Waals surface area (Å²) >= 11 is 0. The van der Waals surface area contributed by atoms with E-state index in [1.54, 1.807) is 0 Å². The minimum absolute atomic E-state index is 0.00460. The van der Waals surface area contributed by atoms with Crippen molar-refractivity contribution in [2.24, 2.45) is 11.8 Å². The molecule has 0 aromatic heterocycles. The Hall–Kier alpha value is -2.67. The van der Waals surface area contributed by atoms with E-state index in [0.29, 0.717) is 17.9 Å². The van der Waals surface area contributed by atoms with Gasteiger partial charge in [0, 0.05) is 19.1 Å². The molecule has 7 heteroatoms. The molecule has 34 heavy (non-hydrogen) atoms. The van der Waals surface area contributed by atoms with Crippen LogP contribution in [-0.4, -0.2) is 70.3 Å². The van der Waals surface area contributed by atoms with E-state index in [9.17, 15) is 14.4 Å². The second-order valence-electron chi connectivity index (χ2n) is 10.7. The Kier molecular flexibility index (Phi) is 5.68. The fourth-order valence-electron chi connectivity index (χ4n) is 7.18. The van der Waals surface area contributed by atoms with Crippen molar-refractivity contribution >= 4 is 17.8 Å². The molecule has 0 saturated carbocycles. The topological polar surface area (TPSA) is 73.0 Å². The van der Waals surface area contributed by atoms with Crippen LogP contribution in [0.15, 0.2) is 42.0 Å². The first-order chi connectivity index (χ1) is 16.6. The molecule has 5 atom stereocenters. The molecule has 5 aliphatic rings. The van der Waals surface area contributed by atoms with Crippen molar-refractivity contribution in [2.45, 2.75) is 69.6 Å². The van der Waals surface area contributed by atoms with Crippen molar-refractivity contribution in [3.63, 3.8) is 0 Å². The summed E-state index contributed by atoms with van der Waals surface area (Å²) < 4.78 is 0. The minimum Gasteiger partial charge on any atom is -0.336 e. The highest BCUT2D eigenvalue weighted by atomic mass is 16.2. The maximum absolute atomic E-state index is 13.5. The minimum atomic E-state index is -0.771. The van der Waals surface area contributed by atoms with E-state index >= 15 is 0 Å². The number of hydrogen-bond donors (Lipinski definition) is 1. The van der Waals surface area contributed by atoms with E-state index in [1.165, 1.54) is 42.7 Å². The fraction of sp³-hybridized carbons (Fsp3) is 0.593. The molecule has 1 aromatic rings. The first kappa shape index (κ1) is 21.8. The van der Waals surface area contributed by atoms with Gasteiger partial charge in [-0.1, -0.05) is 48.4 Å². The molecule has 3 unspecified atom stereocenters. The molecule has 0 radical (unpaired) electrons. The summed E-state index contributed by atoms with van der Waals surface area (Å²) in [7, 11) is 0. The summed E-state index contributed by atoms with van der Waals surface area (Å²) in [6, 6.07) is 9.15. The third-order valence-corrected chi connectivity index (χ3v) is 8.65. The van der Waals surface area contributed by atoms with Crippen LogP contribution in [0.2, 0.25) is 0 Å². The number of nitrogens with zero attached hydrogens (tertiary/aromatic N) is 3. The summed E-state index contributed by atoms with van der Waals surface area (Å²) in [5, 5.41) is 2.76. The van der Waals surface area contributed by atoms with Crippen LogP contribution in [-0.2, 0) is 16.1 Å². The molecular weight excluding hydrogens is 428 g/mol. The van der Waals surface area contributed by atoms with E-state index in [1.807, 2.05) is 35.2 Å². The zero-order valence-electron chi connectivity index (χ0n) is 19.7. The lowest BCUT2D eigenvalue weighted by Crippen LogP contribution is -2.60. The van der Waals surface area contributed by atoms with Crippen molar-refractivity contribution < 1.29 is 14.4 Å². The third-order valence-electron chi connectivity index (χ3n) is 8.65. The smallest absolute Gasteiger partial charge is 0.325 e. The van der Waals surface area contributed by atoms with Gasteiger partial charge in [-0.2, -0.15) is 0 Å². The highest BCUT2D eigenvalue weighted by Crippen LogP contribution is 2.45. The normalized spacial score (nSPS) is 33.2. The number of likely N-dealkylation sites (tertiary alicyclic amines) is 1.